The second-order valence-electron chi connectivity index (χ2n) is 7.04. The standard InChI is InChI=1S/C24H21N3O6S/c1-31-17-12-13-22(32-2)20(15-17)25-23(28)19-14-16-8-6-7-11-21(16)33-24(19)26-27-34(29,30)18-9-4-3-5-10-18/h3-15,27H,1-2H3,(H,25,28)/b26-24+. The molecule has 2 N–H and O–H groups in total. The Bertz CT molecular complexity index is 1520. The summed E-state index contributed by atoms with van der Waals surface area (Å²) in [6, 6.07) is 21.2. The maximum atomic E-state index is 13.2. The number of hydrogen-bond acceptors (Lipinski definition) is 7. The van der Waals surface area contributed by atoms with Gasteiger partial charge in [-0.25, -0.2) is 0 Å². The zero-order chi connectivity index (χ0) is 24.1. The molecule has 0 saturated heterocycles. The Morgan fingerprint density at radius 1 is 0.912 bits per heavy atom. The monoisotopic (exact) mass is 479 g/mol. The first-order valence-corrected chi connectivity index (χ1v) is 11.6. The van der Waals surface area contributed by atoms with E-state index in [4.69, 9.17) is 13.9 Å². The first-order valence-electron chi connectivity index (χ1n) is 10.1. The maximum absolute atomic E-state index is 13.2. The summed E-state index contributed by atoms with van der Waals surface area (Å²) in [5.74, 6) is 0.341. The van der Waals surface area contributed by atoms with E-state index in [1.807, 2.05) is 0 Å². The number of fused-ring (bicyclic) bond motifs is 1. The highest BCUT2D eigenvalue weighted by atomic mass is 32.2. The molecule has 10 heteroatoms. The summed E-state index contributed by atoms with van der Waals surface area (Å²) in [4.78, 5) is 15.4. The van der Waals surface area contributed by atoms with Gasteiger partial charge in [0.15, 0.2) is 0 Å². The van der Waals surface area contributed by atoms with E-state index in [9.17, 15) is 13.2 Å². The summed E-state index contributed by atoms with van der Waals surface area (Å²) in [6.07, 6.45) is 0. The topological polar surface area (TPSA) is 119 Å². The van der Waals surface area contributed by atoms with Crippen molar-refractivity contribution in [1.82, 2.24) is 4.83 Å². The zero-order valence-electron chi connectivity index (χ0n) is 18.3. The summed E-state index contributed by atoms with van der Waals surface area (Å²) >= 11 is 0. The number of benzene rings is 3. The van der Waals surface area contributed by atoms with Crippen molar-refractivity contribution in [3.8, 4) is 11.5 Å². The fraction of sp³-hybridized carbons (Fsp3) is 0.0833. The molecule has 0 unspecified atom stereocenters. The van der Waals surface area contributed by atoms with Crippen molar-refractivity contribution in [2.24, 2.45) is 5.10 Å². The van der Waals surface area contributed by atoms with E-state index in [0.717, 1.165) is 0 Å². The molecule has 34 heavy (non-hydrogen) atoms. The van der Waals surface area contributed by atoms with Crippen molar-refractivity contribution < 1.29 is 27.1 Å². The zero-order valence-corrected chi connectivity index (χ0v) is 19.1. The number of methoxy groups -OCH3 is 2. The SMILES string of the molecule is COc1ccc(OC)c(NC(=O)c2cc3ccccc3o/c2=N/NS(=O)(=O)c2ccccc2)c1. The first kappa shape index (κ1) is 22.9. The second kappa shape index (κ2) is 9.67. The molecule has 0 aliphatic carbocycles. The lowest BCUT2D eigenvalue weighted by Gasteiger charge is -2.12. The predicted molar refractivity (Wildman–Crippen MR) is 126 cm³/mol. The maximum Gasteiger partial charge on any atom is 0.276 e. The molecule has 0 bridgehead atoms. The minimum Gasteiger partial charge on any atom is -0.497 e. The Hall–Kier alpha value is -4.31. The van der Waals surface area contributed by atoms with Crippen LogP contribution in [0.1, 0.15) is 10.4 Å². The van der Waals surface area contributed by atoms with Crippen LogP contribution < -0.4 is 25.2 Å². The van der Waals surface area contributed by atoms with Crippen LogP contribution in [0.25, 0.3) is 11.0 Å². The van der Waals surface area contributed by atoms with Crippen LogP contribution in [0.3, 0.4) is 0 Å². The summed E-state index contributed by atoms with van der Waals surface area (Å²) in [7, 11) is -0.998. The van der Waals surface area contributed by atoms with E-state index in [1.54, 1.807) is 66.7 Å². The molecule has 4 aromatic rings. The van der Waals surface area contributed by atoms with E-state index < -0.39 is 15.9 Å². The molecule has 0 radical (unpaired) electrons. The fourth-order valence-electron chi connectivity index (χ4n) is 3.17. The molecule has 1 amide bonds. The first-order chi connectivity index (χ1) is 16.4. The summed E-state index contributed by atoms with van der Waals surface area (Å²) in [6.45, 7) is 0. The van der Waals surface area contributed by atoms with E-state index in [2.05, 4.69) is 15.2 Å². The Morgan fingerprint density at radius 3 is 2.38 bits per heavy atom. The molecule has 9 nitrogen and oxygen atoms in total. The van der Waals surface area contributed by atoms with Crippen molar-refractivity contribution >= 4 is 32.6 Å². The number of para-hydroxylation sites is 1. The van der Waals surface area contributed by atoms with Gasteiger partial charge in [-0.1, -0.05) is 36.4 Å². The van der Waals surface area contributed by atoms with Gasteiger partial charge in [-0.2, -0.15) is 13.2 Å². The third kappa shape index (κ3) is 4.86. The van der Waals surface area contributed by atoms with Gasteiger partial charge >= 0.3 is 0 Å². The van der Waals surface area contributed by atoms with Gasteiger partial charge in [-0.05, 0) is 36.4 Å². The number of hydrogen-bond donors (Lipinski definition) is 2. The van der Waals surface area contributed by atoms with Crippen molar-refractivity contribution in [2.45, 2.75) is 4.90 Å². The number of anilines is 1. The van der Waals surface area contributed by atoms with Gasteiger partial charge in [0.1, 0.15) is 22.6 Å². The van der Waals surface area contributed by atoms with Crippen LogP contribution >= 0.6 is 0 Å². The van der Waals surface area contributed by atoms with Gasteiger partial charge in [0.25, 0.3) is 15.9 Å². The normalized spacial score (nSPS) is 11.8. The molecule has 4 rings (SSSR count). The quantitative estimate of drug-likeness (QED) is 0.392. The van der Waals surface area contributed by atoms with Crippen LogP contribution in [-0.4, -0.2) is 28.5 Å². The molecule has 0 fully saturated rings. The average molecular weight is 480 g/mol. The number of carbonyl (C=O) groups excluding carboxylic acids is 1. The Balaban J connectivity index is 1.77. The smallest absolute Gasteiger partial charge is 0.276 e. The lowest BCUT2D eigenvalue weighted by molar-refractivity contribution is 0.102. The van der Waals surface area contributed by atoms with Gasteiger partial charge in [0.05, 0.1) is 24.8 Å². The Morgan fingerprint density at radius 2 is 1.65 bits per heavy atom. The number of amides is 1. The van der Waals surface area contributed by atoms with Gasteiger partial charge in [-0.15, -0.1) is 5.10 Å². The van der Waals surface area contributed by atoms with Crippen LogP contribution in [0.5, 0.6) is 11.5 Å². The molecule has 174 valence electrons. The van der Waals surface area contributed by atoms with Gasteiger partial charge < -0.3 is 19.2 Å². The van der Waals surface area contributed by atoms with Crippen LogP contribution in [-0.2, 0) is 10.0 Å². The molecule has 0 saturated carbocycles. The molecule has 0 spiro atoms. The Labute approximate surface area is 195 Å². The summed E-state index contributed by atoms with van der Waals surface area (Å²) < 4.78 is 41.5. The molecule has 1 heterocycles. The highest BCUT2D eigenvalue weighted by molar-refractivity contribution is 7.89. The van der Waals surface area contributed by atoms with Crippen molar-refractivity contribution in [3.63, 3.8) is 0 Å². The lowest BCUT2D eigenvalue weighted by atomic mass is 10.1. The molecule has 0 atom stereocenters. The van der Waals surface area contributed by atoms with Crippen LogP contribution in [0, 0.1) is 0 Å². The molecule has 3 aromatic carbocycles. The number of nitrogens with one attached hydrogen (secondary N) is 2. The molecular weight excluding hydrogens is 458 g/mol. The fourth-order valence-corrected chi connectivity index (χ4v) is 3.99. The second-order valence-corrected chi connectivity index (χ2v) is 8.70. The van der Waals surface area contributed by atoms with E-state index in [0.29, 0.717) is 28.2 Å². The number of ether oxygens (including phenoxy) is 2. The summed E-state index contributed by atoms with van der Waals surface area (Å²) in [5.41, 5.74) is 0.586. The van der Waals surface area contributed by atoms with Gasteiger partial charge in [0.2, 0.25) is 5.55 Å². The largest absolute Gasteiger partial charge is 0.497 e. The average Bonchev–Trinajstić information content (AvgIpc) is 2.87. The van der Waals surface area contributed by atoms with E-state index >= 15 is 0 Å². The third-order valence-electron chi connectivity index (χ3n) is 4.88. The third-order valence-corrected chi connectivity index (χ3v) is 6.10. The molecule has 0 aliphatic heterocycles. The van der Waals surface area contributed by atoms with Crippen molar-refractivity contribution in [3.05, 3.63) is 90.0 Å². The lowest BCUT2D eigenvalue weighted by Crippen LogP contribution is -2.27. The van der Waals surface area contributed by atoms with Crippen molar-refractivity contribution in [2.75, 3.05) is 19.5 Å². The van der Waals surface area contributed by atoms with Crippen LogP contribution in [0.4, 0.5) is 5.69 Å². The number of sulfonamides is 1. The predicted octanol–water partition coefficient (Wildman–Crippen LogP) is 3.50. The highest BCUT2D eigenvalue weighted by Gasteiger charge is 2.17. The summed E-state index contributed by atoms with van der Waals surface area (Å²) in [5, 5.41) is 7.30. The van der Waals surface area contributed by atoms with E-state index in [-0.39, 0.29) is 16.0 Å². The number of carbonyl (C=O) groups is 1. The number of rotatable bonds is 7. The molecule has 0 aliphatic rings. The van der Waals surface area contributed by atoms with Crippen LogP contribution in [0.2, 0.25) is 0 Å². The van der Waals surface area contributed by atoms with Crippen molar-refractivity contribution in [1.29, 1.82) is 0 Å². The molecule has 1 aromatic heterocycles. The van der Waals surface area contributed by atoms with Crippen LogP contribution in [0.15, 0.2) is 93.3 Å². The van der Waals surface area contributed by atoms with E-state index in [1.165, 1.54) is 26.4 Å². The van der Waals surface area contributed by atoms with Gasteiger partial charge in [-0.3, -0.25) is 4.79 Å². The molecular formula is C24H21N3O6S. The highest BCUT2D eigenvalue weighted by Crippen LogP contribution is 2.29. The Kier molecular flexibility index (Phi) is 6.51. The number of nitrogens with zero attached hydrogens (tertiary/aromatic N) is 1. The minimum atomic E-state index is -3.98. The minimum absolute atomic E-state index is 0.0133. The van der Waals surface area contributed by atoms with Gasteiger partial charge in [0, 0.05) is 11.5 Å².